The van der Waals surface area contributed by atoms with Gasteiger partial charge < -0.3 is 15.4 Å². The van der Waals surface area contributed by atoms with Crippen LogP contribution in [0.4, 0.5) is 0 Å². The van der Waals surface area contributed by atoms with Crippen LogP contribution in [-0.2, 0) is 9.53 Å². The first-order valence-electron chi connectivity index (χ1n) is 4.35. The fourth-order valence-electron chi connectivity index (χ4n) is 1.11. The van der Waals surface area contributed by atoms with Gasteiger partial charge in [0, 0.05) is 6.04 Å². The summed E-state index contributed by atoms with van der Waals surface area (Å²) in [6.07, 6.45) is 0.590. The minimum atomic E-state index is -0.890. The number of rotatable bonds is 4. The van der Waals surface area contributed by atoms with Gasteiger partial charge in [0.25, 0.3) is 0 Å². The minimum Gasteiger partial charge on any atom is -0.468 e. The van der Waals surface area contributed by atoms with Gasteiger partial charge in [0.05, 0.1) is 7.11 Å². The number of esters is 1. The van der Waals surface area contributed by atoms with Gasteiger partial charge in [-0.2, -0.15) is 0 Å². The number of hydrogen-bond donors (Lipinski definition) is 1. The van der Waals surface area contributed by atoms with Crippen LogP contribution in [0.5, 0.6) is 0 Å². The van der Waals surface area contributed by atoms with E-state index in [2.05, 4.69) is 4.74 Å². The summed E-state index contributed by atoms with van der Waals surface area (Å²) in [6.45, 7) is 3.72. The molecule has 0 fully saturated rings. The highest BCUT2D eigenvalue weighted by atomic mass is 16.5. The van der Waals surface area contributed by atoms with E-state index in [1.807, 2.05) is 25.9 Å². The SMILES string of the molecule is COC(=O)C(C)(N)CC(C)N(C)C. The van der Waals surface area contributed by atoms with Crippen molar-refractivity contribution < 1.29 is 9.53 Å². The molecule has 0 aromatic carbocycles. The lowest BCUT2D eigenvalue weighted by Gasteiger charge is -2.28. The van der Waals surface area contributed by atoms with E-state index < -0.39 is 5.54 Å². The van der Waals surface area contributed by atoms with E-state index in [4.69, 9.17) is 5.73 Å². The van der Waals surface area contributed by atoms with Crippen molar-refractivity contribution in [2.24, 2.45) is 5.73 Å². The summed E-state index contributed by atoms with van der Waals surface area (Å²) < 4.78 is 4.61. The van der Waals surface area contributed by atoms with Crippen LogP contribution >= 0.6 is 0 Å². The van der Waals surface area contributed by atoms with Crippen molar-refractivity contribution in [1.29, 1.82) is 0 Å². The molecule has 4 nitrogen and oxygen atoms in total. The molecule has 0 radical (unpaired) electrons. The molecule has 13 heavy (non-hydrogen) atoms. The molecule has 2 atom stereocenters. The van der Waals surface area contributed by atoms with Gasteiger partial charge in [0.1, 0.15) is 5.54 Å². The maximum absolute atomic E-state index is 11.2. The molecule has 2 unspecified atom stereocenters. The molecule has 0 aliphatic rings. The molecule has 0 rings (SSSR count). The summed E-state index contributed by atoms with van der Waals surface area (Å²) in [5, 5.41) is 0. The van der Waals surface area contributed by atoms with Crippen molar-refractivity contribution in [3.63, 3.8) is 0 Å². The zero-order chi connectivity index (χ0) is 10.6. The van der Waals surface area contributed by atoms with Crippen molar-refractivity contribution >= 4 is 5.97 Å². The van der Waals surface area contributed by atoms with Crippen LogP contribution in [0.1, 0.15) is 20.3 Å². The van der Waals surface area contributed by atoms with Crippen molar-refractivity contribution in [1.82, 2.24) is 4.90 Å². The number of carbonyl (C=O) groups is 1. The van der Waals surface area contributed by atoms with Gasteiger partial charge in [-0.3, -0.25) is 4.79 Å². The number of nitrogens with two attached hydrogens (primary N) is 1. The van der Waals surface area contributed by atoms with Gasteiger partial charge in [0.15, 0.2) is 0 Å². The summed E-state index contributed by atoms with van der Waals surface area (Å²) in [5.41, 5.74) is 4.92. The van der Waals surface area contributed by atoms with Crippen LogP contribution in [-0.4, -0.2) is 43.7 Å². The third kappa shape index (κ3) is 3.74. The van der Waals surface area contributed by atoms with Crippen LogP contribution in [0.2, 0.25) is 0 Å². The van der Waals surface area contributed by atoms with E-state index in [1.165, 1.54) is 7.11 Å². The quantitative estimate of drug-likeness (QED) is 0.641. The highest BCUT2D eigenvalue weighted by Gasteiger charge is 2.31. The average molecular weight is 188 g/mol. The van der Waals surface area contributed by atoms with Gasteiger partial charge >= 0.3 is 5.97 Å². The normalized spacial score (nSPS) is 18.1. The van der Waals surface area contributed by atoms with E-state index in [0.717, 1.165) is 0 Å². The predicted molar refractivity (Wildman–Crippen MR) is 52.4 cm³/mol. The summed E-state index contributed by atoms with van der Waals surface area (Å²) >= 11 is 0. The van der Waals surface area contributed by atoms with Gasteiger partial charge in [-0.1, -0.05) is 0 Å². The first-order valence-corrected chi connectivity index (χ1v) is 4.35. The third-order valence-corrected chi connectivity index (χ3v) is 2.25. The lowest BCUT2D eigenvalue weighted by molar-refractivity contribution is -0.147. The van der Waals surface area contributed by atoms with E-state index in [9.17, 15) is 4.79 Å². The molecule has 78 valence electrons. The van der Waals surface area contributed by atoms with E-state index >= 15 is 0 Å². The van der Waals surface area contributed by atoms with Gasteiger partial charge in [-0.15, -0.1) is 0 Å². The zero-order valence-electron chi connectivity index (χ0n) is 9.13. The molecule has 0 aromatic heterocycles. The van der Waals surface area contributed by atoms with E-state index in [1.54, 1.807) is 6.92 Å². The summed E-state index contributed by atoms with van der Waals surface area (Å²) in [4.78, 5) is 13.2. The Morgan fingerprint density at radius 1 is 1.62 bits per heavy atom. The number of nitrogens with zero attached hydrogens (tertiary/aromatic N) is 1. The Morgan fingerprint density at radius 2 is 2.08 bits per heavy atom. The Kier molecular flexibility index (Phi) is 4.36. The number of hydrogen-bond acceptors (Lipinski definition) is 4. The molecule has 0 aliphatic carbocycles. The topological polar surface area (TPSA) is 55.6 Å². The Labute approximate surface area is 80.0 Å². The summed E-state index contributed by atoms with van der Waals surface area (Å²) in [7, 11) is 5.27. The van der Waals surface area contributed by atoms with Gasteiger partial charge in [0.2, 0.25) is 0 Å². The number of methoxy groups -OCH3 is 1. The smallest absolute Gasteiger partial charge is 0.325 e. The van der Waals surface area contributed by atoms with Crippen molar-refractivity contribution in [3.8, 4) is 0 Å². The van der Waals surface area contributed by atoms with Gasteiger partial charge in [-0.05, 0) is 34.4 Å². The highest BCUT2D eigenvalue weighted by molar-refractivity contribution is 5.79. The molecule has 0 saturated carbocycles. The largest absolute Gasteiger partial charge is 0.468 e. The highest BCUT2D eigenvalue weighted by Crippen LogP contribution is 2.13. The molecule has 0 spiro atoms. The Bertz CT molecular complexity index is 178. The minimum absolute atomic E-state index is 0.258. The molecule has 0 bridgehead atoms. The first kappa shape index (κ1) is 12.4. The van der Waals surface area contributed by atoms with Crippen molar-refractivity contribution in [2.75, 3.05) is 21.2 Å². The summed E-state index contributed by atoms with van der Waals surface area (Å²) in [6, 6.07) is 0.258. The molecule has 0 aromatic rings. The molecular weight excluding hydrogens is 168 g/mol. The second kappa shape index (κ2) is 4.58. The second-order valence-electron chi connectivity index (χ2n) is 3.93. The molecular formula is C9H20N2O2. The van der Waals surface area contributed by atoms with Crippen molar-refractivity contribution in [3.05, 3.63) is 0 Å². The Hall–Kier alpha value is -0.610. The van der Waals surface area contributed by atoms with Crippen LogP contribution in [0.3, 0.4) is 0 Å². The predicted octanol–water partition coefficient (Wildman–Crippen LogP) is 0.217. The Morgan fingerprint density at radius 3 is 2.38 bits per heavy atom. The molecule has 0 saturated heterocycles. The average Bonchev–Trinajstić information content (AvgIpc) is 2.01. The number of ether oxygens (including phenoxy) is 1. The standard InChI is InChI=1S/C9H20N2O2/c1-7(11(3)4)6-9(2,10)8(12)13-5/h7H,6,10H2,1-5H3. The fourth-order valence-corrected chi connectivity index (χ4v) is 1.11. The monoisotopic (exact) mass is 188 g/mol. The third-order valence-electron chi connectivity index (χ3n) is 2.25. The lowest BCUT2D eigenvalue weighted by Crippen LogP contribution is -2.49. The molecule has 0 amide bonds. The van der Waals surface area contributed by atoms with Crippen LogP contribution in [0.15, 0.2) is 0 Å². The molecule has 4 heteroatoms. The fraction of sp³-hybridized carbons (Fsp3) is 0.889. The molecule has 0 heterocycles. The first-order chi connectivity index (χ1) is 5.81. The van der Waals surface area contributed by atoms with E-state index in [-0.39, 0.29) is 12.0 Å². The van der Waals surface area contributed by atoms with Crippen LogP contribution < -0.4 is 5.73 Å². The van der Waals surface area contributed by atoms with Gasteiger partial charge in [-0.25, -0.2) is 0 Å². The molecule has 2 N–H and O–H groups in total. The zero-order valence-corrected chi connectivity index (χ0v) is 9.13. The number of carbonyl (C=O) groups excluding carboxylic acids is 1. The lowest BCUT2D eigenvalue weighted by atomic mass is 9.94. The summed E-state index contributed by atoms with van der Waals surface area (Å²) in [5.74, 6) is -0.360. The maximum atomic E-state index is 11.2. The van der Waals surface area contributed by atoms with Crippen LogP contribution in [0, 0.1) is 0 Å². The maximum Gasteiger partial charge on any atom is 0.325 e. The van der Waals surface area contributed by atoms with Crippen molar-refractivity contribution in [2.45, 2.75) is 31.8 Å². The Balaban J connectivity index is 4.24. The molecule has 0 aliphatic heterocycles. The van der Waals surface area contributed by atoms with E-state index in [0.29, 0.717) is 6.42 Å². The second-order valence-corrected chi connectivity index (χ2v) is 3.93. The van der Waals surface area contributed by atoms with Crippen LogP contribution in [0.25, 0.3) is 0 Å².